The molecule has 7 heteroatoms. The van der Waals surface area contributed by atoms with Crippen molar-refractivity contribution < 1.29 is 9.72 Å². The van der Waals surface area contributed by atoms with Crippen molar-refractivity contribution in [3.05, 3.63) is 21.9 Å². The highest BCUT2D eigenvalue weighted by molar-refractivity contribution is 5.92. The van der Waals surface area contributed by atoms with Crippen LogP contribution in [0, 0.1) is 10.1 Å². The van der Waals surface area contributed by atoms with Gasteiger partial charge in [0.25, 0.3) is 5.91 Å². The summed E-state index contributed by atoms with van der Waals surface area (Å²) in [6, 6.07) is 1.07. The summed E-state index contributed by atoms with van der Waals surface area (Å²) in [6.07, 6.45) is 0. The second-order valence-corrected chi connectivity index (χ2v) is 3.02. The van der Waals surface area contributed by atoms with Crippen LogP contribution in [0.15, 0.2) is 6.07 Å². The second-order valence-electron chi connectivity index (χ2n) is 3.02. The normalized spacial score (nSPS) is 10.2. The predicted octanol–water partition coefficient (Wildman–Crippen LogP) is 0.456. The van der Waals surface area contributed by atoms with E-state index in [9.17, 15) is 14.9 Å². The Kier molecular flexibility index (Phi) is 2.80. The van der Waals surface area contributed by atoms with Crippen LogP contribution in [-0.4, -0.2) is 27.1 Å². The van der Waals surface area contributed by atoms with E-state index in [0.29, 0.717) is 0 Å². The van der Waals surface area contributed by atoms with Crippen LogP contribution in [0.4, 0.5) is 5.82 Å². The van der Waals surface area contributed by atoms with Gasteiger partial charge in [0, 0.05) is 6.04 Å². The fraction of sp³-hybridized carbons (Fsp3) is 0.429. The Bertz CT molecular complexity index is 358. The van der Waals surface area contributed by atoms with E-state index in [4.69, 9.17) is 0 Å². The predicted molar refractivity (Wildman–Crippen MR) is 47.8 cm³/mol. The van der Waals surface area contributed by atoms with Crippen molar-refractivity contribution in [3.63, 3.8) is 0 Å². The minimum Gasteiger partial charge on any atom is -0.358 e. The summed E-state index contributed by atoms with van der Waals surface area (Å²) >= 11 is 0. The topological polar surface area (TPSA) is 101 Å². The molecule has 0 saturated heterocycles. The van der Waals surface area contributed by atoms with E-state index in [1.165, 1.54) is 0 Å². The zero-order valence-electron chi connectivity index (χ0n) is 7.77. The van der Waals surface area contributed by atoms with Crippen LogP contribution >= 0.6 is 0 Å². The van der Waals surface area contributed by atoms with Gasteiger partial charge in [-0.25, -0.2) is 0 Å². The van der Waals surface area contributed by atoms with Crippen LogP contribution in [0.25, 0.3) is 0 Å². The number of hydrogen-bond acceptors (Lipinski definition) is 4. The zero-order valence-corrected chi connectivity index (χ0v) is 7.77. The summed E-state index contributed by atoms with van der Waals surface area (Å²) in [5, 5.41) is 18.5. The third kappa shape index (κ3) is 2.28. The molecule has 0 spiro atoms. The van der Waals surface area contributed by atoms with Gasteiger partial charge in [0.15, 0.2) is 5.69 Å². The molecule has 1 aromatic rings. The van der Waals surface area contributed by atoms with Crippen molar-refractivity contribution in [2.24, 2.45) is 0 Å². The molecular formula is C7H10N4O3. The van der Waals surface area contributed by atoms with Crippen molar-refractivity contribution in [1.29, 1.82) is 0 Å². The fourth-order valence-electron chi connectivity index (χ4n) is 0.858. The zero-order chi connectivity index (χ0) is 10.7. The lowest BCUT2D eigenvalue weighted by atomic mass is 10.3. The molecule has 76 valence electrons. The third-order valence-corrected chi connectivity index (χ3v) is 1.41. The van der Waals surface area contributed by atoms with Crippen molar-refractivity contribution >= 4 is 11.7 Å². The highest BCUT2D eigenvalue weighted by Gasteiger charge is 2.16. The first-order chi connectivity index (χ1) is 6.50. The van der Waals surface area contributed by atoms with E-state index in [1.54, 1.807) is 13.8 Å². The maximum absolute atomic E-state index is 11.3. The van der Waals surface area contributed by atoms with Gasteiger partial charge in [0.2, 0.25) is 0 Å². The van der Waals surface area contributed by atoms with Gasteiger partial charge >= 0.3 is 5.82 Å². The molecule has 0 aliphatic heterocycles. The van der Waals surface area contributed by atoms with E-state index in [0.717, 1.165) is 6.07 Å². The van der Waals surface area contributed by atoms with Crippen molar-refractivity contribution in [1.82, 2.24) is 15.5 Å². The molecule has 0 bridgehead atoms. The largest absolute Gasteiger partial charge is 0.358 e. The Morgan fingerprint density at radius 2 is 2.36 bits per heavy atom. The van der Waals surface area contributed by atoms with E-state index in [1.807, 2.05) is 0 Å². The van der Waals surface area contributed by atoms with Gasteiger partial charge < -0.3 is 15.4 Å². The van der Waals surface area contributed by atoms with Gasteiger partial charge in [-0.1, -0.05) is 5.10 Å². The number of aromatic nitrogens is 2. The van der Waals surface area contributed by atoms with E-state index < -0.39 is 10.8 Å². The standard InChI is InChI=1S/C7H10N4O3/c1-4(2)8-7(12)5-3-6(10-9-5)11(13)14/h3-4H,1-2H3,(H,8,12)(H,9,10). The molecule has 1 amide bonds. The Labute approximate surface area is 79.7 Å². The van der Waals surface area contributed by atoms with E-state index in [-0.39, 0.29) is 17.6 Å². The number of hydrogen-bond donors (Lipinski definition) is 2. The van der Waals surface area contributed by atoms with Gasteiger partial charge in [-0.05, 0) is 18.8 Å². The molecule has 0 atom stereocenters. The first-order valence-corrected chi connectivity index (χ1v) is 4.01. The molecule has 1 heterocycles. The van der Waals surface area contributed by atoms with Gasteiger partial charge in [0.05, 0.1) is 6.07 Å². The minimum absolute atomic E-state index is 0.0189. The van der Waals surface area contributed by atoms with Crippen molar-refractivity contribution in [2.75, 3.05) is 0 Å². The van der Waals surface area contributed by atoms with Crippen LogP contribution in [-0.2, 0) is 0 Å². The maximum Gasteiger partial charge on any atom is 0.343 e. The molecule has 0 radical (unpaired) electrons. The molecule has 0 unspecified atom stereocenters. The Morgan fingerprint density at radius 1 is 1.71 bits per heavy atom. The quantitative estimate of drug-likeness (QED) is 0.544. The first kappa shape index (κ1) is 10.2. The molecule has 14 heavy (non-hydrogen) atoms. The van der Waals surface area contributed by atoms with Crippen LogP contribution in [0.5, 0.6) is 0 Å². The van der Waals surface area contributed by atoms with Crippen LogP contribution < -0.4 is 5.32 Å². The van der Waals surface area contributed by atoms with Crippen LogP contribution in [0.2, 0.25) is 0 Å². The van der Waals surface area contributed by atoms with E-state index in [2.05, 4.69) is 15.5 Å². The molecule has 0 aliphatic carbocycles. The lowest BCUT2D eigenvalue weighted by Crippen LogP contribution is -2.30. The molecule has 0 saturated carbocycles. The molecule has 0 aliphatic rings. The van der Waals surface area contributed by atoms with Gasteiger partial charge in [0.1, 0.15) is 0 Å². The second kappa shape index (κ2) is 3.86. The number of nitrogens with one attached hydrogen (secondary N) is 2. The summed E-state index contributed by atoms with van der Waals surface area (Å²) in [5.41, 5.74) is 0.0189. The van der Waals surface area contributed by atoms with Crippen LogP contribution in [0.1, 0.15) is 24.3 Å². The summed E-state index contributed by atoms with van der Waals surface area (Å²) in [4.78, 5) is 20.9. The molecule has 1 aromatic heterocycles. The molecule has 0 fully saturated rings. The van der Waals surface area contributed by atoms with Gasteiger partial charge in [-0.3, -0.25) is 4.79 Å². The summed E-state index contributed by atoms with van der Waals surface area (Å²) in [6.45, 7) is 3.58. The Balaban J connectivity index is 2.76. The molecule has 2 N–H and O–H groups in total. The molecule has 1 rings (SSSR count). The number of nitrogens with zero attached hydrogens (tertiary/aromatic N) is 2. The number of nitro groups is 1. The number of carbonyl (C=O) groups excluding carboxylic acids is 1. The highest BCUT2D eigenvalue weighted by Crippen LogP contribution is 2.07. The number of H-pyrrole nitrogens is 1. The number of carbonyl (C=O) groups is 1. The lowest BCUT2D eigenvalue weighted by Gasteiger charge is -2.04. The average Bonchev–Trinajstić information content (AvgIpc) is 2.50. The molecule has 7 nitrogen and oxygen atoms in total. The summed E-state index contributed by atoms with van der Waals surface area (Å²) in [5.74, 6) is -0.719. The number of rotatable bonds is 3. The van der Waals surface area contributed by atoms with Crippen molar-refractivity contribution in [3.8, 4) is 0 Å². The van der Waals surface area contributed by atoms with Gasteiger partial charge in [-0.15, -0.1) is 5.10 Å². The third-order valence-electron chi connectivity index (χ3n) is 1.41. The first-order valence-electron chi connectivity index (χ1n) is 4.01. The minimum atomic E-state index is -0.640. The SMILES string of the molecule is CC(C)NC(=O)c1cc([N+](=O)[O-])[nH]n1. The molecular weight excluding hydrogens is 188 g/mol. The van der Waals surface area contributed by atoms with Crippen LogP contribution in [0.3, 0.4) is 0 Å². The number of amides is 1. The summed E-state index contributed by atoms with van der Waals surface area (Å²) in [7, 11) is 0. The average molecular weight is 198 g/mol. The molecule has 0 aromatic carbocycles. The maximum atomic E-state index is 11.3. The smallest absolute Gasteiger partial charge is 0.343 e. The van der Waals surface area contributed by atoms with Crippen molar-refractivity contribution in [2.45, 2.75) is 19.9 Å². The monoisotopic (exact) mass is 198 g/mol. The lowest BCUT2D eigenvalue weighted by molar-refractivity contribution is -0.389. The van der Waals surface area contributed by atoms with E-state index >= 15 is 0 Å². The number of aromatic amines is 1. The Hall–Kier alpha value is -1.92. The summed E-state index contributed by atoms with van der Waals surface area (Å²) < 4.78 is 0. The highest BCUT2D eigenvalue weighted by atomic mass is 16.6. The fourth-order valence-corrected chi connectivity index (χ4v) is 0.858. The Morgan fingerprint density at radius 3 is 2.79 bits per heavy atom. The van der Waals surface area contributed by atoms with Gasteiger partial charge in [-0.2, -0.15) is 0 Å².